The van der Waals surface area contributed by atoms with Gasteiger partial charge in [-0.05, 0) is 20.8 Å². The largest absolute Gasteiger partial charge is 0.465 e. The highest BCUT2D eigenvalue weighted by atomic mass is 19.1. The standard InChI is InChI=1S/C11H16FN3O2/c1-4-15(6-9(16)17-5-2)11-10(12)8(3)13-7-14-11/h7H,4-6H2,1-3H3. The first-order valence-corrected chi connectivity index (χ1v) is 5.47. The number of carbonyl (C=O) groups excluding carboxylic acids is 1. The van der Waals surface area contributed by atoms with Crippen LogP contribution in [0.3, 0.4) is 0 Å². The summed E-state index contributed by atoms with van der Waals surface area (Å²) in [6, 6.07) is 0. The van der Waals surface area contributed by atoms with Crippen molar-refractivity contribution < 1.29 is 13.9 Å². The van der Waals surface area contributed by atoms with E-state index in [1.54, 1.807) is 13.8 Å². The predicted molar refractivity (Wildman–Crippen MR) is 61.2 cm³/mol. The fourth-order valence-electron chi connectivity index (χ4n) is 1.36. The second-order valence-electron chi connectivity index (χ2n) is 3.42. The van der Waals surface area contributed by atoms with Gasteiger partial charge in [-0.3, -0.25) is 4.79 Å². The molecule has 0 bridgehead atoms. The molecule has 1 aromatic rings. The summed E-state index contributed by atoms with van der Waals surface area (Å²) in [7, 11) is 0. The molecule has 0 atom stereocenters. The van der Waals surface area contributed by atoms with Crippen molar-refractivity contribution in [1.82, 2.24) is 9.97 Å². The van der Waals surface area contributed by atoms with E-state index in [9.17, 15) is 9.18 Å². The number of esters is 1. The first-order chi connectivity index (χ1) is 8.10. The van der Waals surface area contributed by atoms with Crippen LogP contribution in [0.15, 0.2) is 6.33 Å². The third-order valence-corrected chi connectivity index (χ3v) is 2.25. The number of hydrogen-bond donors (Lipinski definition) is 0. The molecule has 0 aliphatic heterocycles. The van der Waals surface area contributed by atoms with Gasteiger partial charge in [0.05, 0.1) is 12.3 Å². The summed E-state index contributed by atoms with van der Waals surface area (Å²) in [5.41, 5.74) is 0.261. The van der Waals surface area contributed by atoms with Crippen LogP contribution in [0.5, 0.6) is 0 Å². The number of rotatable bonds is 5. The second-order valence-corrected chi connectivity index (χ2v) is 3.42. The van der Waals surface area contributed by atoms with E-state index in [-0.39, 0.29) is 18.1 Å². The van der Waals surface area contributed by atoms with Crippen molar-refractivity contribution in [3.63, 3.8) is 0 Å². The number of aromatic nitrogens is 2. The maximum absolute atomic E-state index is 13.8. The van der Waals surface area contributed by atoms with Gasteiger partial charge in [-0.25, -0.2) is 14.4 Å². The van der Waals surface area contributed by atoms with Crippen LogP contribution in [0.1, 0.15) is 19.5 Å². The first-order valence-electron chi connectivity index (χ1n) is 5.47. The molecular weight excluding hydrogens is 225 g/mol. The van der Waals surface area contributed by atoms with Gasteiger partial charge in [0.25, 0.3) is 0 Å². The van der Waals surface area contributed by atoms with Crippen LogP contribution in [0.4, 0.5) is 10.2 Å². The van der Waals surface area contributed by atoms with E-state index >= 15 is 0 Å². The van der Waals surface area contributed by atoms with Crippen LogP contribution < -0.4 is 4.90 Å². The smallest absolute Gasteiger partial charge is 0.325 e. The molecule has 1 heterocycles. The zero-order chi connectivity index (χ0) is 12.8. The molecule has 6 heteroatoms. The van der Waals surface area contributed by atoms with Crippen molar-refractivity contribution >= 4 is 11.8 Å². The third-order valence-electron chi connectivity index (χ3n) is 2.25. The molecule has 0 spiro atoms. The zero-order valence-electron chi connectivity index (χ0n) is 10.2. The summed E-state index contributed by atoms with van der Waals surface area (Å²) in [6.07, 6.45) is 1.28. The first kappa shape index (κ1) is 13.3. The molecule has 0 N–H and O–H groups in total. The predicted octanol–water partition coefficient (Wildman–Crippen LogP) is 1.31. The Morgan fingerprint density at radius 1 is 1.47 bits per heavy atom. The molecule has 0 aliphatic carbocycles. The number of halogens is 1. The second kappa shape index (κ2) is 6.12. The lowest BCUT2D eigenvalue weighted by molar-refractivity contribution is -0.141. The highest BCUT2D eigenvalue weighted by Crippen LogP contribution is 2.16. The molecule has 0 saturated heterocycles. The van der Waals surface area contributed by atoms with Crippen molar-refractivity contribution in [3.05, 3.63) is 17.8 Å². The molecule has 0 unspecified atom stereocenters. The topological polar surface area (TPSA) is 55.3 Å². The van der Waals surface area contributed by atoms with Crippen molar-refractivity contribution in [3.8, 4) is 0 Å². The molecule has 0 amide bonds. The molecule has 94 valence electrons. The van der Waals surface area contributed by atoms with Crippen LogP contribution in [-0.4, -0.2) is 35.6 Å². The molecular formula is C11H16FN3O2. The quantitative estimate of drug-likeness (QED) is 0.727. The highest BCUT2D eigenvalue weighted by molar-refractivity contribution is 5.75. The SMILES string of the molecule is CCOC(=O)CN(CC)c1ncnc(C)c1F. The monoisotopic (exact) mass is 241 g/mol. The summed E-state index contributed by atoms with van der Waals surface area (Å²) in [5.74, 6) is -0.767. The fraction of sp³-hybridized carbons (Fsp3) is 0.545. The maximum Gasteiger partial charge on any atom is 0.325 e. The number of ether oxygens (including phenoxy) is 1. The average molecular weight is 241 g/mol. The lowest BCUT2D eigenvalue weighted by atomic mass is 10.3. The number of nitrogens with zero attached hydrogens (tertiary/aromatic N) is 3. The number of carbonyl (C=O) groups is 1. The van der Waals surface area contributed by atoms with E-state index in [1.807, 2.05) is 6.92 Å². The Morgan fingerprint density at radius 2 is 2.18 bits per heavy atom. The lowest BCUT2D eigenvalue weighted by Crippen LogP contribution is -2.32. The van der Waals surface area contributed by atoms with E-state index in [0.29, 0.717) is 13.2 Å². The van der Waals surface area contributed by atoms with Gasteiger partial charge in [0.1, 0.15) is 12.9 Å². The molecule has 0 fully saturated rings. The lowest BCUT2D eigenvalue weighted by Gasteiger charge is -2.21. The van der Waals surface area contributed by atoms with Crippen LogP contribution in [0.25, 0.3) is 0 Å². The molecule has 0 saturated carbocycles. The Bertz CT molecular complexity index is 398. The fourth-order valence-corrected chi connectivity index (χ4v) is 1.36. The summed E-state index contributed by atoms with van der Waals surface area (Å²) in [5, 5.41) is 0. The van der Waals surface area contributed by atoms with Crippen molar-refractivity contribution in [2.75, 3.05) is 24.6 Å². The molecule has 0 aromatic carbocycles. The van der Waals surface area contributed by atoms with Gasteiger partial charge < -0.3 is 9.64 Å². The summed E-state index contributed by atoms with van der Waals surface area (Å²) in [4.78, 5) is 20.5. The molecule has 1 aromatic heterocycles. The number of likely N-dealkylation sites (N-methyl/N-ethyl adjacent to an activating group) is 1. The molecule has 0 radical (unpaired) electrons. The Hall–Kier alpha value is -1.72. The Kier molecular flexibility index (Phi) is 4.81. The van der Waals surface area contributed by atoms with Crippen LogP contribution in [-0.2, 0) is 9.53 Å². The summed E-state index contributed by atoms with van der Waals surface area (Å²) in [6.45, 7) is 5.85. The maximum atomic E-state index is 13.8. The van der Waals surface area contributed by atoms with Gasteiger partial charge in [0.15, 0.2) is 11.6 Å². The van der Waals surface area contributed by atoms with Crippen molar-refractivity contribution in [2.45, 2.75) is 20.8 Å². The van der Waals surface area contributed by atoms with Gasteiger partial charge in [-0.1, -0.05) is 0 Å². The van der Waals surface area contributed by atoms with Crippen LogP contribution in [0.2, 0.25) is 0 Å². The van der Waals surface area contributed by atoms with Gasteiger partial charge in [0, 0.05) is 6.54 Å². The minimum atomic E-state index is -0.501. The molecule has 5 nitrogen and oxygen atoms in total. The van der Waals surface area contributed by atoms with E-state index in [0.717, 1.165) is 0 Å². The van der Waals surface area contributed by atoms with E-state index in [4.69, 9.17) is 4.74 Å². The number of hydrogen-bond acceptors (Lipinski definition) is 5. The van der Waals surface area contributed by atoms with Crippen molar-refractivity contribution in [2.24, 2.45) is 0 Å². The molecule has 1 rings (SSSR count). The van der Waals surface area contributed by atoms with Crippen LogP contribution >= 0.6 is 0 Å². The number of aryl methyl sites for hydroxylation is 1. The minimum Gasteiger partial charge on any atom is -0.465 e. The average Bonchev–Trinajstić information content (AvgIpc) is 2.30. The minimum absolute atomic E-state index is 0.0162. The van der Waals surface area contributed by atoms with Gasteiger partial charge in [-0.15, -0.1) is 0 Å². The van der Waals surface area contributed by atoms with E-state index in [1.165, 1.54) is 11.2 Å². The Labute approximate surface area is 99.6 Å². The normalized spacial score (nSPS) is 10.1. The van der Waals surface area contributed by atoms with Gasteiger partial charge in [-0.2, -0.15) is 0 Å². The van der Waals surface area contributed by atoms with Crippen molar-refractivity contribution in [1.29, 1.82) is 0 Å². The molecule has 17 heavy (non-hydrogen) atoms. The number of anilines is 1. The summed E-state index contributed by atoms with van der Waals surface area (Å²) < 4.78 is 18.6. The van der Waals surface area contributed by atoms with E-state index in [2.05, 4.69) is 9.97 Å². The highest BCUT2D eigenvalue weighted by Gasteiger charge is 2.17. The van der Waals surface area contributed by atoms with E-state index < -0.39 is 11.8 Å². The van der Waals surface area contributed by atoms with Crippen LogP contribution in [0, 0.1) is 12.7 Å². The zero-order valence-corrected chi connectivity index (χ0v) is 10.2. The third kappa shape index (κ3) is 3.37. The Balaban J connectivity index is 2.86. The molecule has 0 aliphatic rings. The Morgan fingerprint density at radius 3 is 2.76 bits per heavy atom. The van der Waals surface area contributed by atoms with Gasteiger partial charge in [0.2, 0.25) is 0 Å². The summed E-state index contributed by atoms with van der Waals surface area (Å²) >= 11 is 0. The van der Waals surface area contributed by atoms with Gasteiger partial charge >= 0.3 is 5.97 Å².